The molecule has 1 aromatic rings. The molecule has 0 aliphatic heterocycles. The summed E-state index contributed by atoms with van der Waals surface area (Å²) < 4.78 is 0. The molecule has 0 bridgehead atoms. The first-order valence-corrected chi connectivity index (χ1v) is 4.07. The fourth-order valence-electron chi connectivity index (χ4n) is 0.902. The van der Waals surface area contributed by atoms with Gasteiger partial charge >= 0.3 is 0 Å². The lowest BCUT2D eigenvalue weighted by Gasteiger charge is -2.05. The van der Waals surface area contributed by atoms with Crippen LogP contribution in [0.4, 0.5) is 0 Å². The number of aromatic hydroxyl groups is 1. The minimum absolute atomic E-state index is 0.0158. The van der Waals surface area contributed by atoms with Crippen LogP contribution < -0.4 is 10.9 Å². The maximum absolute atomic E-state index is 11.3. The van der Waals surface area contributed by atoms with Crippen molar-refractivity contribution in [1.82, 2.24) is 10.9 Å². The highest BCUT2D eigenvalue weighted by Crippen LogP contribution is 2.14. The average Bonchev–Trinajstić information content (AvgIpc) is 2.15. The number of carbonyl (C=O) groups is 1. The Morgan fingerprint density at radius 3 is 2.77 bits per heavy atom. The predicted molar refractivity (Wildman–Crippen MR) is 49.2 cm³/mol. The molecule has 1 aromatic carbocycles. The van der Waals surface area contributed by atoms with E-state index in [-0.39, 0.29) is 17.2 Å². The second-order valence-corrected chi connectivity index (χ2v) is 2.50. The summed E-state index contributed by atoms with van der Waals surface area (Å²) in [7, 11) is 0. The Kier molecular flexibility index (Phi) is 3.28. The number of para-hydroxylation sites is 1. The Bertz CT molecular complexity index is 299. The maximum atomic E-state index is 11.3. The number of amides is 1. The number of phenols is 1. The number of phenolic OH excluding ortho intramolecular Hbond substituents is 1. The van der Waals surface area contributed by atoms with Crippen LogP contribution in [0.2, 0.25) is 0 Å². The van der Waals surface area contributed by atoms with E-state index in [4.69, 9.17) is 0 Å². The lowest BCUT2D eigenvalue weighted by atomic mass is 10.2. The Balaban J connectivity index is 2.71. The van der Waals surface area contributed by atoms with Crippen molar-refractivity contribution in [3.8, 4) is 5.75 Å². The summed E-state index contributed by atoms with van der Waals surface area (Å²) in [6.45, 7) is 2.50. The van der Waals surface area contributed by atoms with Gasteiger partial charge in [0.05, 0.1) is 5.56 Å². The second kappa shape index (κ2) is 4.47. The average molecular weight is 180 g/mol. The first-order chi connectivity index (χ1) is 6.25. The summed E-state index contributed by atoms with van der Waals surface area (Å²) in [6.07, 6.45) is 0. The number of rotatable bonds is 3. The summed E-state index contributed by atoms with van der Waals surface area (Å²) in [5, 5.41) is 9.29. The minimum atomic E-state index is -0.333. The van der Waals surface area contributed by atoms with Gasteiger partial charge in [-0.2, -0.15) is 0 Å². The van der Waals surface area contributed by atoms with Crippen LogP contribution in [0.1, 0.15) is 17.3 Å². The number of carbonyl (C=O) groups excluding carboxylic acids is 1. The molecule has 1 amide bonds. The molecule has 4 heteroatoms. The number of hydrogen-bond donors (Lipinski definition) is 3. The van der Waals surface area contributed by atoms with Gasteiger partial charge in [0.2, 0.25) is 0 Å². The molecule has 0 radical (unpaired) electrons. The van der Waals surface area contributed by atoms with Crippen molar-refractivity contribution in [1.29, 1.82) is 0 Å². The van der Waals surface area contributed by atoms with E-state index >= 15 is 0 Å². The quantitative estimate of drug-likeness (QED) is 0.598. The zero-order valence-electron chi connectivity index (χ0n) is 7.37. The van der Waals surface area contributed by atoms with Crippen LogP contribution in [0.5, 0.6) is 5.75 Å². The molecule has 0 aliphatic carbocycles. The molecule has 4 nitrogen and oxygen atoms in total. The van der Waals surface area contributed by atoms with Gasteiger partial charge in [0, 0.05) is 6.54 Å². The van der Waals surface area contributed by atoms with Crippen LogP contribution in [0.15, 0.2) is 24.3 Å². The van der Waals surface area contributed by atoms with Crippen molar-refractivity contribution in [3.63, 3.8) is 0 Å². The summed E-state index contributed by atoms with van der Waals surface area (Å²) in [5.74, 6) is -0.349. The van der Waals surface area contributed by atoms with Crippen LogP contribution in [0.3, 0.4) is 0 Å². The Morgan fingerprint density at radius 1 is 1.46 bits per heavy atom. The van der Waals surface area contributed by atoms with Gasteiger partial charge in [-0.1, -0.05) is 19.1 Å². The lowest BCUT2D eigenvalue weighted by Crippen LogP contribution is -2.37. The van der Waals surface area contributed by atoms with Crippen molar-refractivity contribution < 1.29 is 9.90 Å². The molecule has 0 aliphatic rings. The van der Waals surface area contributed by atoms with Crippen LogP contribution in [0.25, 0.3) is 0 Å². The van der Waals surface area contributed by atoms with E-state index in [1.54, 1.807) is 18.2 Å². The van der Waals surface area contributed by atoms with E-state index in [1.807, 2.05) is 6.92 Å². The zero-order valence-corrected chi connectivity index (χ0v) is 7.37. The van der Waals surface area contributed by atoms with Gasteiger partial charge in [0.1, 0.15) is 5.75 Å². The van der Waals surface area contributed by atoms with Crippen molar-refractivity contribution in [2.45, 2.75) is 6.92 Å². The van der Waals surface area contributed by atoms with Crippen molar-refractivity contribution >= 4 is 5.91 Å². The van der Waals surface area contributed by atoms with Gasteiger partial charge in [-0.3, -0.25) is 10.2 Å². The van der Waals surface area contributed by atoms with Crippen molar-refractivity contribution in [2.75, 3.05) is 6.54 Å². The fraction of sp³-hybridized carbons (Fsp3) is 0.222. The molecule has 0 saturated carbocycles. The van der Waals surface area contributed by atoms with Gasteiger partial charge in [0.15, 0.2) is 0 Å². The highest BCUT2D eigenvalue weighted by atomic mass is 16.3. The standard InChI is InChI=1S/C9H12N2O2/c1-2-10-11-9(13)7-5-3-4-6-8(7)12/h3-6,10,12H,2H2,1H3,(H,11,13). The highest BCUT2D eigenvalue weighted by Gasteiger charge is 2.07. The third-order valence-corrected chi connectivity index (χ3v) is 1.53. The number of hydrazine groups is 1. The molecule has 0 saturated heterocycles. The molecule has 0 spiro atoms. The first kappa shape index (κ1) is 9.54. The molecule has 0 unspecified atom stereocenters. The molecule has 1 rings (SSSR count). The monoisotopic (exact) mass is 180 g/mol. The SMILES string of the molecule is CCNNC(=O)c1ccccc1O. The van der Waals surface area contributed by atoms with Gasteiger partial charge in [-0.15, -0.1) is 0 Å². The Labute approximate surface area is 76.6 Å². The maximum Gasteiger partial charge on any atom is 0.269 e. The molecular formula is C9H12N2O2. The van der Waals surface area contributed by atoms with Gasteiger partial charge < -0.3 is 5.11 Å². The van der Waals surface area contributed by atoms with E-state index in [0.717, 1.165) is 0 Å². The van der Waals surface area contributed by atoms with E-state index in [9.17, 15) is 9.90 Å². The summed E-state index contributed by atoms with van der Waals surface area (Å²) in [6, 6.07) is 6.39. The number of nitrogens with one attached hydrogen (secondary N) is 2. The van der Waals surface area contributed by atoms with Gasteiger partial charge in [0.25, 0.3) is 5.91 Å². The van der Waals surface area contributed by atoms with Crippen molar-refractivity contribution in [2.24, 2.45) is 0 Å². The molecular weight excluding hydrogens is 168 g/mol. The zero-order chi connectivity index (χ0) is 9.68. The molecule has 13 heavy (non-hydrogen) atoms. The number of benzene rings is 1. The fourth-order valence-corrected chi connectivity index (χ4v) is 0.902. The molecule has 70 valence electrons. The molecule has 0 heterocycles. The molecule has 0 aromatic heterocycles. The van der Waals surface area contributed by atoms with Gasteiger partial charge in [-0.25, -0.2) is 5.43 Å². The number of hydrogen-bond acceptors (Lipinski definition) is 3. The van der Waals surface area contributed by atoms with E-state index in [2.05, 4.69) is 10.9 Å². The summed E-state index contributed by atoms with van der Waals surface area (Å²) in [5.41, 5.74) is 5.37. The van der Waals surface area contributed by atoms with Crippen LogP contribution >= 0.6 is 0 Å². The van der Waals surface area contributed by atoms with Crippen LogP contribution in [-0.4, -0.2) is 17.6 Å². The highest BCUT2D eigenvalue weighted by molar-refractivity contribution is 5.96. The van der Waals surface area contributed by atoms with E-state index in [0.29, 0.717) is 6.54 Å². The molecule has 3 N–H and O–H groups in total. The second-order valence-electron chi connectivity index (χ2n) is 2.50. The minimum Gasteiger partial charge on any atom is -0.507 e. The molecule has 0 atom stereocenters. The normalized spacial score (nSPS) is 9.62. The van der Waals surface area contributed by atoms with Crippen LogP contribution in [-0.2, 0) is 0 Å². The summed E-state index contributed by atoms with van der Waals surface area (Å²) in [4.78, 5) is 11.3. The lowest BCUT2D eigenvalue weighted by molar-refractivity contribution is 0.0931. The topological polar surface area (TPSA) is 61.4 Å². The molecule has 0 fully saturated rings. The first-order valence-electron chi connectivity index (χ1n) is 4.07. The van der Waals surface area contributed by atoms with E-state index in [1.165, 1.54) is 6.07 Å². The van der Waals surface area contributed by atoms with Crippen LogP contribution in [0, 0.1) is 0 Å². The third kappa shape index (κ3) is 2.45. The smallest absolute Gasteiger partial charge is 0.269 e. The third-order valence-electron chi connectivity index (χ3n) is 1.53. The summed E-state index contributed by atoms with van der Waals surface area (Å²) >= 11 is 0. The van der Waals surface area contributed by atoms with E-state index < -0.39 is 0 Å². The van der Waals surface area contributed by atoms with Gasteiger partial charge in [-0.05, 0) is 12.1 Å². The predicted octanol–water partition coefficient (Wildman–Crippen LogP) is 0.646. The largest absolute Gasteiger partial charge is 0.507 e. The Morgan fingerprint density at radius 2 is 2.15 bits per heavy atom. The van der Waals surface area contributed by atoms with Crippen molar-refractivity contribution in [3.05, 3.63) is 29.8 Å². The Hall–Kier alpha value is -1.55.